The van der Waals surface area contributed by atoms with Crippen molar-refractivity contribution in [3.8, 4) is 11.5 Å². The molecule has 0 aliphatic carbocycles. The van der Waals surface area contributed by atoms with Gasteiger partial charge in [0.25, 0.3) is 0 Å². The van der Waals surface area contributed by atoms with E-state index in [0.29, 0.717) is 6.54 Å². The zero-order valence-electron chi connectivity index (χ0n) is 10.9. The predicted octanol–water partition coefficient (Wildman–Crippen LogP) is 3.81. The maximum atomic E-state index is 5.89. The quantitative estimate of drug-likeness (QED) is 0.737. The Morgan fingerprint density at radius 3 is 2.60 bits per heavy atom. The van der Waals surface area contributed by atoms with Gasteiger partial charge in [0.2, 0.25) is 0 Å². The van der Waals surface area contributed by atoms with Gasteiger partial charge in [-0.2, -0.15) is 0 Å². The Morgan fingerprint density at radius 1 is 1.00 bits per heavy atom. The first-order chi connectivity index (χ1) is 9.92. The number of nitrogens with zero attached hydrogens (tertiary/aromatic N) is 1. The van der Waals surface area contributed by atoms with E-state index in [1.165, 1.54) is 0 Å². The Bertz CT molecular complexity index is 651. The molecular formula is C16H15N3O. The highest BCUT2D eigenvalue weighted by molar-refractivity contribution is 5.57. The standard InChI is InChI=1S/C16H15N3O/c1-2-6-13(7-3-1)20-15-9-5-4-8-14(15)19-12-16-17-10-11-18-16/h1-11,19H,12H2,(H,17,18). The van der Waals surface area contributed by atoms with Crippen LogP contribution in [0.25, 0.3) is 0 Å². The van der Waals surface area contributed by atoms with Gasteiger partial charge in [-0.15, -0.1) is 0 Å². The SMILES string of the molecule is c1ccc(Oc2ccccc2NCc2ncc[nH]2)cc1. The lowest BCUT2D eigenvalue weighted by molar-refractivity contribution is 0.484. The van der Waals surface area contributed by atoms with Crippen LogP contribution in [0.4, 0.5) is 5.69 Å². The fourth-order valence-corrected chi connectivity index (χ4v) is 1.89. The molecule has 0 radical (unpaired) electrons. The van der Waals surface area contributed by atoms with Crippen molar-refractivity contribution in [1.29, 1.82) is 0 Å². The monoisotopic (exact) mass is 265 g/mol. The lowest BCUT2D eigenvalue weighted by atomic mass is 10.3. The van der Waals surface area contributed by atoms with Crippen molar-refractivity contribution in [3.05, 3.63) is 72.8 Å². The Hall–Kier alpha value is -2.75. The lowest BCUT2D eigenvalue weighted by Crippen LogP contribution is -2.02. The minimum Gasteiger partial charge on any atom is -0.455 e. The highest BCUT2D eigenvalue weighted by atomic mass is 16.5. The molecule has 0 bridgehead atoms. The number of hydrogen-bond donors (Lipinski definition) is 2. The summed E-state index contributed by atoms with van der Waals surface area (Å²) in [5, 5.41) is 3.32. The molecule has 0 atom stereocenters. The molecule has 2 aromatic carbocycles. The first-order valence-electron chi connectivity index (χ1n) is 6.46. The molecule has 1 heterocycles. The van der Waals surface area contributed by atoms with Crippen molar-refractivity contribution in [2.75, 3.05) is 5.32 Å². The summed E-state index contributed by atoms with van der Waals surface area (Å²) >= 11 is 0. The molecule has 100 valence electrons. The number of para-hydroxylation sites is 3. The second-order valence-electron chi connectivity index (χ2n) is 4.30. The third kappa shape index (κ3) is 2.98. The summed E-state index contributed by atoms with van der Waals surface area (Å²) < 4.78 is 5.89. The number of hydrogen-bond acceptors (Lipinski definition) is 3. The average Bonchev–Trinajstić information content (AvgIpc) is 3.01. The van der Waals surface area contributed by atoms with Crippen LogP contribution in [-0.4, -0.2) is 9.97 Å². The van der Waals surface area contributed by atoms with E-state index in [1.807, 2.05) is 60.8 Å². The first kappa shape index (κ1) is 12.3. The maximum absolute atomic E-state index is 5.89. The summed E-state index contributed by atoms with van der Waals surface area (Å²) in [5.41, 5.74) is 0.938. The van der Waals surface area contributed by atoms with Gasteiger partial charge in [-0.1, -0.05) is 30.3 Å². The zero-order valence-corrected chi connectivity index (χ0v) is 10.9. The van der Waals surface area contributed by atoms with Crippen molar-refractivity contribution in [2.24, 2.45) is 0 Å². The van der Waals surface area contributed by atoms with Gasteiger partial charge in [0, 0.05) is 12.4 Å². The van der Waals surface area contributed by atoms with Crippen LogP contribution in [-0.2, 0) is 6.54 Å². The molecule has 3 rings (SSSR count). The molecule has 3 aromatic rings. The van der Waals surface area contributed by atoms with E-state index < -0.39 is 0 Å². The number of aromatic nitrogens is 2. The smallest absolute Gasteiger partial charge is 0.150 e. The van der Waals surface area contributed by atoms with Gasteiger partial charge in [-0.25, -0.2) is 4.98 Å². The van der Waals surface area contributed by atoms with Gasteiger partial charge >= 0.3 is 0 Å². The normalized spacial score (nSPS) is 10.2. The van der Waals surface area contributed by atoms with Gasteiger partial charge in [-0.3, -0.25) is 0 Å². The van der Waals surface area contributed by atoms with Gasteiger partial charge in [0.05, 0.1) is 12.2 Å². The Labute approximate surface area is 117 Å². The highest BCUT2D eigenvalue weighted by Gasteiger charge is 2.04. The number of rotatable bonds is 5. The fourth-order valence-electron chi connectivity index (χ4n) is 1.89. The van der Waals surface area contributed by atoms with E-state index in [9.17, 15) is 0 Å². The van der Waals surface area contributed by atoms with Crippen LogP contribution < -0.4 is 10.1 Å². The third-order valence-electron chi connectivity index (χ3n) is 2.86. The molecule has 0 unspecified atom stereocenters. The Morgan fingerprint density at radius 2 is 1.80 bits per heavy atom. The number of H-pyrrole nitrogens is 1. The Kier molecular flexibility index (Phi) is 3.64. The summed E-state index contributed by atoms with van der Waals surface area (Å²) in [6.07, 6.45) is 3.55. The molecular weight excluding hydrogens is 250 g/mol. The van der Waals surface area contributed by atoms with E-state index >= 15 is 0 Å². The molecule has 4 nitrogen and oxygen atoms in total. The van der Waals surface area contributed by atoms with Crippen molar-refractivity contribution in [3.63, 3.8) is 0 Å². The topological polar surface area (TPSA) is 49.9 Å². The van der Waals surface area contributed by atoms with Crippen LogP contribution in [0.2, 0.25) is 0 Å². The van der Waals surface area contributed by atoms with E-state index in [1.54, 1.807) is 6.20 Å². The maximum Gasteiger partial charge on any atom is 0.150 e. The largest absolute Gasteiger partial charge is 0.455 e. The fraction of sp³-hybridized carbons (Fsp3) is 0.0625. The minimum atomic E-state index is 0.627. The van der Waals surface area contributed by atoms with Gasteiger partial charge in [-0.05, 0) is 24.3 Å². The molecule has 0 aliphatic heterocycles. The molecule has 20 heavy (non-hydrogen) atoms. The number of benzene rings is 2. The molecule has 0 amide bonds. The minimum absolute atomic E-state index is 0.627. The third-order valence-corrected chi connectivity index (χ3v) is 2.86. The van der Waals surface area contributed by atoms with Crippen LogP contribution in [0.15, 0.2) is 67.0 Å². The number of anilines is 1. The predicted molar refractivity (Wildman–Crippen MR) is 78.9 cm³/mol. The number of aromatic amines is 1. The first-order valence-corrected chi connectivity index (χ1v) is 6.46. The molecule has 0 fully saturated rings. The second kappa shape index (κ2) is 5.93. The van der Waals surface area contributed by atoms with E-state index in [-0.39, 0.29) is 0 Å². The number of ether oxygens (including phenoxy) is 1. The van der Waals surface area contributed by atoms with Crippen molar-refractivity contribution >= 4 is 5.69 Å². The molecule has 0 spiro atoms. The molecule has 1 aromatic heterocycles. The van der Waals surface area contributed by atoms with Gasteiger partial charge in [0.1, 0.15) is 11.6 Å². The van der Waals surface area contributed by atoms with Gasteiger partial charge in [0.15, 0.2) is 5.75 Å². The molecule has 0 saturated carbocycles. The Balaban J connectivity index is 1.74. The molecule has 0 aliphatic rings. The molecule has 2 N–H and O–H groups in total. The van der Waals surface area contributed by atoms with Crippen LogP contribution >= 0.6 is 0 Å². The van der Waals surface area contributed by atoms with E-state index in [4.69, 9.17) is 4.74 Å². The molecule has 0 saturated heterocycles. The number of nitrogens with one attached hydrogen (secondary N) is 2. The molecule has 4 heteroatoms. The average molecular weight is 265 g/mol. The van der Waals surface area contributed by atoms with E-state index in [2.05, 4.69) is 15.3 Å². The van der Waals surface area contributed by atoms with Crippen LogP contribution in [0.1, 0.15) is 5.82 Å². The zero-order chi connectivity index (χ0) is 13.6. The summed E-state index contributed by atoms with van der Waals surface area (Å²) in [6.45, 7) is 0.627. The summed E-state index contributed by atoms with van der Waals surface area (Å²) in [6, 6.07) is 17.6. The van der Waals surface area contributed by atoms with Crippen molar-refractivity contribution in [1.82, 2.24) is 9.97 Å². The van der Waals surface area contributed by atoms with Crippen molar-refractivity contribution in [2.45, 2.75) is 6.54 Å². The number of imidazole rings is 1. The van der Waals surface area contributed by atoms with E-state index in [0.717, 1.165) is 23.0 Å². The summed E-state index contributed by atoms with van der Waals surface area (Å²) in [5.74, 6) is 2.50. The lowest BCUT2D eigenvalue weighted by Gasteiger charge is -2.12. The van der Waals surface area contributed by atoms with Crippen LogP contribution in [0.3, 0.4) is 0 Å². The second-order valence-corrected chi connectivity index (χ2v) is 4.30. The highest BCUT2D eigenvalue weighted by Crippen LogP contribution is 2.29. The summed E-state index contributed by atoms with van der Waals surface area (Å²) in [4.78, 5) is 7.25. The van der Waals surface area contributed by atoms with Crippen molar-refractivity contribution < 1.29 is 4.74 Å². The van der Waals surface area contributed by atoms with Gasteiger partial charge < -0.3 is 15.0 Å². The van der Waals surface area contributed by atoms with Crippen LogP contribution in [0.5, 0.6) is 11.5 Å². The summed E-state index contributed by atoms with van der Waals surface area (Å²) in [7, 11) is 0. The van der Waals surface area contributed by atoms with Crippen LogP contribution in [0, 0.1) is 0 Å².